The zero-order valence-corrected chi connectivity index (χ0v) is 12.1. The quantitative estimate of drug-likeness (QED) is 0.774. The molecule has 0 bridgehead atoms. The Morgan fingerprint density at radius 2 is 2.11 bits per heavy atom. The SMILES string of the molecule is CC(=O)NCCC(O)C(O)c1ccc(Br)cc1C. The largest absolute Gasteiger partial charge is 0.390 e. The van der Waals surface area contributed by atoms with E-state index in [2.05, 4.69) is 21.2 Å². The molecule has 1 aromatic rings. The lowest BCUT2D eigenvalue weighted by molar-refractivity contribution is -0.119. The highest BCUT2D eigenvalue weighted by atomic mass is 79.9. The molecule has 0 aliphatic rings. The van der Waals surface area contributed by atoms with Gasteiger partial charge in [-0.1, -0.05) is 22.0 Å². The Morgan fingerprint density at radius 3 is 2.67 bits per heavy atom. The molecule has 2 atom stereocenters. The molecule has 100 valence electrons. The van der Waals surface area contributed by atoms with Crippen LogP contribution < -0.4 is 5.32 Å². The van der Waals surface area contributed by atoms with Crippen LogP contribution in [0.15, 0.2) is 22.7 Å². The van der Waals surface area contributed by atoms with E-state index in [-0.39, 0.29) is 5.91 Å². The molecule has 0 aliphatic heterocycles. The number of carbonyl (C=O) groups is 1. The van der Waals surface area contributed by atoms with Crippen LogP contribution in [0.2, 0.25) is 0 Å². The lowest BCUT2D eigenvalue weighted by Gasteiger charge is -2.20. The number of halogens is 1. The summed E-state index contributed by atoms with van der Waals surface area (Å²) in [7, 11) is 0. The van der Waals surface area contributed by atoms with Gasteiger partial charge in [0.05, 0.1) is 6.10 Å². The molecule has 0 aliphatic carbocycles. The van der Waals surface area contributed by atoms with Gasteiger partial charge >= 0.3 is 0 Å². The molecule has 0 aromatic heterocycles. The summed E-state index contributed by atoms with van der Waals surface area (Å²) in [5, 5.41) is 22.5. The van der Waals surface area contributed by atoms with Crippen molar-refractivity contribution in [3.05, 3.63) is 33.8 Å². The summed E-state index contributed by atoms with van der Waals surface area (Å²) in [5.41, 5.74) is 1.61. The molecule has 4 nitrogen and oxygen atoms in total. The molecule has 2 unspecified atom stereocenters. The van der Waals surface area contributed by atoms with Gasteiger partial charge in [0.25, 0.3) is 0 Å². The number of aliphatic hydroxyl groups excluding tert-OH is 2. The third kappa shape index (κ3) is 4.40. The molecule has 1 amide bonds. The first-order chi connectivity index (χ1) is 8.41. The van der Waals surface area contributed by atoms with Crippen molar-refractivity contribution in [1.82, 2.24) is 5.32 Å². The summed E-state index contributed by atoms with van der Waals surface area (Å²) < 4.78 is 0.934. The van der Waals surface area contributed by atoms with Crippen LogP contribution in [0.4, 0.5) is 0 Å². The highest BCUT2D eigenvalue weighted by Gasteiger charge is 2.19. The van der Waals surface area contributed by atoms with Crippen LogP contribution in [-0.4, -0.2) is 28.8 Å². The number of carbonyl (C=O) groups excluding carboxylic acids is 1. The number of aryl methyl sites for hydroxylation is 1. The number of aliphatic hydroxyl groups is 2. The van der Waals surface area contributed by atoms with E-state index >= 15 is 0 Å². The molecule has 1 rings (SSSR count). The van der Waals surface area contributed by atoms with Crippen molar-refractivity contribution in [2.45, 2.75) is 32.5 Å². The van der Waals surface area contributed by atoms with E-state index in [1.165, 1.54) is 6.92 Å². The Hall–Kier alpha value is -0.910. The average Bonchev–Trinajstić information content (AvgIpc) is 2.27. The van der Waals surface area contributed by atoms with Gasteiger partial charge in [0, 0.05) is 17.9 Å². The lowest BCUT2D eigenvalue weighted by atomic mass is 9.98. The Kier molecular flexibility index (Phi) is 5.78. The van der Waals surface area contributed by atoms with E-state index in [1.54, 1.807) is 6.07 Å². The van der Waals surface area contributed by atoms with Gasteiger partial charge in [0.1, 0.15) is 6.10 Å². The molecular weight excluding hydrogens is 298 g/mol. The molecule has 0 heterocycles. The van der Waals surface area contributed by atoms with Crippen molar-refractivity contribution in [1.29, 1.82) is 0 Å². The molecule has 18 heavy (non-hydrogen) atoms. The standard InChI is InChI=1S/C13H18BrNO3/c1-8-7-10(14)3-4-11(8)13(18)12(17)5-6-15-9(2)16/h3-4,7,12-13,17-18H,5-6H2,1-2H3,(H,15,16). The zero-order chi connectivity index (χ0) is 13.7. The first kappa shape index (κ1) is 15.1. The minimum absolute atomic E-state index is 0.142. The molecule has 0 fully saturated rings. The molecule has 5 heteroatoms. The van der Waals surface area contributed by atoms with Gasteiger partial charge in [-0.15, -0.1) is 0 Å². The monoisotopic (exact) mass is 315 g/mol. The smallest absolute Gasteiger partial charge is 0.216 e. The Bertz CT molecular complexity index is 423. The Morgan fingerprint density at radius 1 is 1.44 bits per heavy atom. The van der Waals surface area contributed by atoms with Crippen LogP contribution in [0.1, 0.15) is 30.6 Å². The van der Waals surface area contributed by atoms with Crippen molar-refractivity contribution in [2.24, 2.45) is 0 Å². The predicted molar refractivity (Wildman–Crippen MR) is 73.1 cm³/mol. The van der Waals surface area contributed by atoms with Crippen LogP contribution >= 0.6 is 15.9 Å². The number of hydrogen-bond acceptors (Lipinski definition) is 3. The second-order valence-corrected chi connectivity index (χ2v) is 5.20. The second kappa shape index (κ2) is 6.87. The maximum absolute atomic E-state index is 10.7. The number of amides is 1. The highest BCUT2D eigenvalue weighted by Crippen LogP contribution is 2.24. The van der Waals surface area contributed by atoms with E-state index in [1.807, 2.05) is 19.1 Å². The number of hydrogen-bond donors (Lipinski definition) is 3. The Labute approximate surface area is 115 Å². The lowest BCUT2D eigenvalue weighted by Crippen LogP contribution is -2.27. The minimum Gasteiger partial charge on any atom is -0.390 e. The van der Waals surface area contributed by atoms with Crippen LogP contribution in [0.5, 0.6) is 0 Å². The minimum atomic E-state index is -0.938. The summed E-state index contributed by atoms with van der Waals surface area (Å²) in [5.74, 6) is -0.142. The van der Waals surface area contributed by atoms with Gasteiger partial charge in [0.15, 0.2) is 0 Å². The molecular formula is C13H18BrNO3. The van der Waals surface area contributed by atoms with Crippen LogP contribution in [0.3, 0.4) is 0 Å². The first-order valence-electron chi connectivity index (χ1n) is 5.78. The average molecular weight is 316 g/mol. The van der Waals surface area contributed by atoms with E-state index < -0.39 is 12.2 Å². The molecule has 0 spiro atoms. The second-order valence-electron chi connectivity index (χ2n) is 4.28. The van der Waals surface area contributed by atoms with Crippen molar-refractivity contribution in [2.75, 3.05) is 6.54 Å². The zero-order valence-electron chi connectivity index (χ0n) is 10.5. The van der Waals surface area contributed by atoms with Gasteiger partial charge in [-0.3, -0.25) is 4.79 Å². The fraction of sp³-hybridized carbons (Fsp3) is 0.462. The van der Waals surface area contributed by atoms with E-state index in [0.29, 0.717) is 18.5 Å². The fourth-order valence-corrected chi connectivity index (χ4v) is 2.21. The van der Waals surface area contributed by atoms with E-state index in [9.17, 15) is 15.0 Å². The van der Waals surface area contributed by atoms with Crippen molar-refractivity contribution < 1.29 is 15.0 Å². The number of nitrogens with one attached hydrogen (secondary N) is 1. The highest BCUT2D eigenvalue weighted by molar-refractivity contribution is 9.10. The van der Waals surface area contributed by atoms with E-state index in [0.717, 1.165) is 10.0 Å². The van der Waals surface area contributed by atoms with Crippen molar-refractivity contribution in [3.63, 3.8) is 0 Å². The fourth-order valence-electron chi connectivity index (χ4n) is 1.73. The van der Waals surface area contributed by atoms with Crippen LogP contribution in [-0.2, 0) is 4.79 Å². The normalized spacial score (nSPS) is 14.1. The molecule has 0 saturated heterocycles. The molecule has 3 N–H and O–H groups in total. The third-order valence-corrected chi connectivity index (χ3v) is 3.22. The van der Waals surface area contributed by atoms with Gasteiger partial charge in [-0.25, -0.2) is 0 Å². The predicted octanol–water partition coefficient (Wildman–Crippen LogP) is 1.68. The topological polar surface area (TPSA) is 69.6 Å². The summed E-state index contributed by atoms with van der Waals surface area (Å²) in [6, 6.07) is 5.50. The molecule has 0 radical (unpaired) electrons. The van der Waals surface area contributed by atoms with Gasteiger partial charge in [-0.2, -0.15) is 0 Å². The van der Waals surface area contributed by atoms with Crippen LogP contribution in [0.25, 0.3) is 0 Å². The maximum Gasteiger partial charge on any atom is 0.216 e. The summed E-state index contributed by atoms with van der Waals surface area (Å²) in [6.45, 7) is 3.65. The maximum atomic E-state index is 10.7. The van der Waals surface area contributed by atoms with Crippen molar-refractivity contribution in [3.8, 4) is 0 Å². The van der Waals surface area contributed by atoms with Crippen LogP contribution in [0, 0.1) is 6.92 Å². The number of benzene rings is 1. The summed E-state index contributed by atoms with van der Waals surface area (Å²) >= 11 is 3.35. The van der Waals surface area contributed by atoms with Crippen molar-refractivity contribution >= 4 is 21.8 Å². The van der Waals surface area contributed by atoms with E-state index in [4.69, 9.17) is 0 Å². The third-order valence-electron chi connectivity index (χ3n) is 2.73. The first-order valence-corrected chi connectivity index (χ1v) is 6.57. The van der Waals surface area contributed by atoms with Gasteiger partial charge < -0.3 is 15.5 Å². The molecule has 0 saturated carbocycles. The summed E-state index contributed by atoms with van der Waals surface area (Å²) in [4.78, 5) is 10.7. The van der Waals surface area contributed by atoms with Gasteiger partial charge in [0.2, 0.25) is 5.91 Å². The summed E-state index contributed by atoms with van der Waals surface area (Å²) in [6.07, 6.45) is -1.51. The molecule has 1 aromatic carbocycles. The Balaban J connectivity index is 2.62. The number of rotatable bonds is 5. The van der Waals surface area contributed by atoms with Gasteiger partial charge in [-0.05, 0) is 36.6 Å².